The van der Waals surface area contributed by atoms with Crippen LogP contribution in [0.4, 0.5) is 11.4 Å². The molecule has 1 saturated heterocycles. The molecule has 3 rings (SSSR count). The van der Waals surface area contributed by atoms with Crippen LogP contribution >= 0.6 is 0 Å². The first-order chi connectivity index (χ1) is 17.9. The van der Waals surface area contributed by atoms with Crippen LogP contribution in [0.1, 0.15) is 32.3 Å². The van der Waals surface area contributed by atoms with E-state index in [1.165, 1.54) is 18.3 Å². The average molecular weight is 512 g/mol. The first-order valence-electron chi connectivity index (χ1n) is 12.3. The molecule has 0 aromatic heterocycles. The second kappa shape index (κ2) is 13.2. The lowest BCUT2D eigenvalue weighted by Crippen LogP contribution is -2.45. The molecule has 2 aromatic carbocycles. The zero-order chi connectivity index (χ0) is 26.8. The number of amides is 2. The molecule has 1 aliphatic heterocycles. The van der Waals surface area contributed by atoms with Crippen LogP contribution in [-0.2, 0) is 9.59 Å². The normalized spacial score (nSPS) is 15.3. The number of nitrogens with one attached hydrogen (secondary N) is 1. The average Bonchev–Trinajstić information content (AvgIpc) is 2.92. The SMILES string of the molecule is CCN(CC)C(=O)[C@H]1CCCN(c2ccc([N+](=O)[O-])cc2/C=N\NC(=O)COc2ccc(OC)cc2)C1. The Morgan fingerprint density at radius 1 is 1.19 bits per heavy atom. The number of benzene rings is 2. The van der Waals surface area contributed by atoms with Gasteiger partial charge in [0.1, 0.15) is 11.5 Å². The first kappa shape index (κ1) is 27.4. The maximum Gasteiger partial charge on any atom is 0.277 e. The van der Waals surface area contributed by atoms with E-state index in [0.29, 0.717) is 43.2 Å². The predicted octanol–water partition coefficient (Wildman–Crippen LogP) is 3.22. The number of piperidine rings is 1. The maximum atomic E-state index is 12.9. The summed E-state index contributed by atoms with van der Waals surface area (Å²) < 4.78 is 10.5. The molecule has 11 heteroatoms. The van der Waals surface area contributed by atoms with Crippen molar-refractivity contribution >= 4 is 29.4 Å². The number of rotatable bonds is 11. The molecule has 0 saturated carbocycles. The predicted molar refractivity (Wildman–Crippen MR) is 140 cm³/mol. The molecule has 0 bridgehead atoms. The molecule has 2 aromatic rings. The lowest BCUT2D eigenvalue weighted by atomic mass is 9.95. The molecule has 198 valence electrons. The van der Waals surface area contributed by atoms with Gasteiger partial charge < -0.3 is 19.3 Å². The number of hydrogen-bond donors (Lipinski definition) is 1. The molecular weight excluding hydrogens is 478 g/mol. The van der Waals surface area contributed by atoms with Crippen LogP contribution in [-0.4, -0.2) is 67.7 Å². The zero-order valence-electron chi connectivity index (χ0n) is 21.4. The Labute approximate surface area is 216 Å². The van der Waals surface area contributed by atoms with Crippen LogP contribution in [0.2, 0.25) is 0 Å². The van der Waals surface area contributed by atoms with E-state index in [4.69, 9.17) is 9.47 Å². The molecule has 37 heavy (non-hydrogen) atoms. The standard InChI is InChI=1S/C26H33N5O6/c1-4-29(5-2)26(33)19-7-6-14-30(17-19)24-13-8-21(31(34)35)15-20(24)16-27-28-25(32)18-37-23-11-9-22(36-3)10-12-23/h8-13,15-16,19H,4-7,14,17-18H2,1-3H3,(H,28,32)/b27-16-/t19-/m0/s1. The van der Waals surface area contributed by atoms with Crippen LogP contribution in [0.25, 0.3) is 0 Å². The molecule has 1 N–H and O–H groups in total. The molecular formula is C26H33N5O6. The van der Waals surface area contributed by atoms with Crippen LogP contribution in [0.5, 0.6) is 11.5 Å². The third-order valence-corrected chi connectivity index (χ3v) is 6.23. The minimum atomic E-state index is -0.484. The highest BCUT2D eigenvalue weighted by Crippen LogP contribution is 2.29. The molecule has 1 aliphatic rings. The fourth-order valence-electron chi connectivity index (χ4n) is 4.26. The van der Waals surface area contributed by atoms with Gasteiger partial charge in [0.25, 0.3) is 11.6 Å². The number of anilines is 1. The van der Waals surface area contributed by atoms with Gasteiger partial charge in [-0.05, 0) is 57.0 Å². The van der Waals surface area contributed by atoms with Crippen molar-refractivity contribution in [1.29, 1.82) is 0 Å². The van der Waals surface area contributed by atoms with E-state index < -0.39 is 10.8 Å². The van der Waals surface area contributed by atoms with Gasteiger partial charge in [0.15, 0.2) is 6.61 Å². The number of methoxy groups -OCH3 is 1. The Morgan fingerprint density at radius 2 is 1.89 bits per heavy atom. The highest BCUT2D eigenvalue weighted by atomic mass is 16.6. The summed E-state index contributed by atoms with van der Waals surface area (Å²) in [6.07, 6.45) is 3.00. The molecule has 1 heterocycles. The lowest BCUT2D eigenvalue weighted by molar-refractivity contribution is -0.384. The number of carbonyl (C=O) groups excluding carboxylic acids is 2. The van der Waals surface area contributed by atoms with Crippen molar-refractivity contribution in [3.05, 3.63) is 58.1 Å². The Morgan fingerprint density at radius 3 is 2.54 bits per heavy atom. The van der Waals surface area contributed by atoms with Gasteiger partial charge in [0.05, 0.1) is 24.2 Å². The van der Waals surface area contributed by atoms with E-state index in [1.54, 1.807) is 37.4 Å². The molecule has 1 atom stereocenters. The highest BCUT2D eigenvalue weighted by molar-refractivity contribution is 5.90. The summed E-state index contributed by atoms with van der Waals surface area (Å²) >= 11 is 0. The van der Waals surface area contributed by atoms with Gasteiger partial charge in [-0.2, -0.15) is 5.10 Å². The van der Waals surface area contributed by atoms with Gasteiger partial charge in [-0.25, -0.2) is 5.43 Å². The number of ether oxygens (including phenoxy) is 2. The van der Waals surface area contributed by atoms with Gasteiger partial charge in [0, 0.05) is 49.6 Å². The number of hydrazone groups is 1. The number of carbonyl (C=O) groups is 2. The second-order valence-electron chi connectivity index (χ2n) is 8.55. The highest BCUT2D eigenvalue weighted by Gasteiger charge is 2.29. The van der Waals surface area contributed by atoms with Crippen molar-refractivity contribution in [2.45, 2.75) is 26.7 Å². The van der Waals surface area contributed by atoms with Crippen LogP contribution in [0.15, 0.2) is 47.6 Å². The molecule has 0 spiro atoms. The second-order valence-corrected chi connectivity index (χ2v) is 8.55. The summed E-state index contributed by atoms with van der Waals surface area (Å²) in [6, 6.07) is 11.3. The molecule has 11 nitrogen and oxygen atoms in total. The molecule has 0 unspecified atom stereocenters. The Balaban J connectivity index is 1.69. The molecule has 2 amide bonds. The summed E-state index contributed by atoms with van der Waals surface area (Å²) in [5, 5.41) is 15.4. The number of nitro groups is 1. The molecule has 1 fully saturated rings. The number of hydrogen-bond acceptors (Lipinski definition) is 8. The Bertz CT molecular complexity index is 1120. The summed E-state index contributed by atoms with van der Waals surface area (Å²) in [7, 11) is 1.56. The lowest BCUT2D eigenvalue weighted by Gasteiger charge is -2.36. The van der Waals surface area contributed by atoms with E-state index in [0.717, 1.165) is 18.5 Å². The van der Waals surface area contributed by atoms with Crippen molar-refractivity contribution in [2.24, 2.45) is 11.0 Å². The van der Waals surface area contributed by atoms with Gasteiger partial charge >= 0.3 is 0 Å². The summed E-state index contributed by atoms with van der Waals surface area (Å²) in [5.41, 5.74) is 3.49. The first-order valence-corrected chi connectivity index (χ1v) is 12.3. The largest absolute Gasteiger partial charge is 0.497 e. The molecule has 0 aliphatic carbocycles. The third kappa shape index (κ3) is 7.42. The van der Waals surface area contributed by atoms with Crippen molar-refractivity contribution < 1.29 is 24.0 Å². The quantitative estimate of drug-likeness (QED) is 0.279. The van der Waals surface area contributed by atoms with E-state index in [2.05, 4.69) is 15.4 Å². The fraction of sp³-hybridized carbons (Fsp3) is 0.423. The third-order valence-electron chi connectivity index (χ3n) is 6.23. The van der Waals surface area contributed by atoms with Gasteiger partial charge in [-0.15, -0.1) is 0 Å². The summed E-state index contributed by atoms with van der Waals surface area (Å²) in [4.78, 5) is 39.9. The Hall–Kier alpha value is -4.15. The number of nitro benzene ring substituents is 1. The maximum absolute atomic E-state index is 12.9. The van der Waals surface area contributed by atoms with Crippen LogP contribution < -0.4 is 19.8 Å². The van der Waals surface area contributed by atoms with Crippen molar-refractivity contribution in [2.75, 3.05) is 44.8 Å². The molecule has 0 radical (unpaired) electrons. The minimum Gasteiger partial charge on any atom is -0.497 e. The minimum absolute atomic E-state index is 0.0906. The summed E-state index contributed by atoms with van der Waals surface area (Å²) in [5.74, 6) is 0.660. The summed E-state index contributed by atoms with van der Waals surface area (Å²) in [6.45, 7) is 6.20. The van der Waals surface area contributed by atoms with E-state index >= 15 is 0 Å². The number of nitrogens with zero attached hydrogens (tertiary/aromatic N) is 4. The van der Waals surface area contributed by atoms with Crippen molar-refractivity contribution in [1.82, 2.24) is 10.3 Å². The monoisotopic (exact) mass is 511 g/mol. The van der Waals surface area contributed by atoms with E-state index in [1.807, 2.05) is 18.7 Å². The van der Waals surface area contributed by atoms with Gasteiger partial charge in [-0.3, -0.25) is 19.7 Å². The van der Waals surface area contributed by atoms with Crippen LogP contribution in [0.3, 0.4) is 0 Å². The van der Waals surface area contributed by atoms with Gasteiger partial charge in [-0.1, -0.05) is 0 Å². The van der Waals surface area contributed by atoms with Gasteiger partial charge in [0.2, 0.25) is 5.91 Å². The Kier molecular flexibility index (Phi) is 9.82. The van der Waals surface area contributed by atoms with Crippen molar-refractivity contribution in [3.8, 4) is 11.5 Å². The number of non-ortho nitro benzene ring substituents is 1. The van der Waals surface area contributed by atoms with Crippen molar-refractivity contribution in [3.63, 3.8) is 0 Å². The van der Waals surface area contributed by atoms with E-state index in [9.17, 15) is 19.7 Å². The van der Waals surface area contributed by atoms with Crippen LogP contribution in [0, 0.1) is 16.0 Å². The smallest absolute Gasteiger partial charge is 0.277 e. The zero-order valence-corrected chi connectivity index (χ0v) is 21.4. The topological polar surface area (TPSA) is 127 Å². The fourth-order valence-corrected chi connectivity index (χ4v) is 4.26. The van der Waals surface area contributed by atoms with E-state index in [-0.39, 0.29) is 24.1 Å².